The Morgan fingerprint density at radius 1 is 0.615 bits per heavy atom. The van der Waals surface area contributed by atoms with E-state index < -0.39 is 12.3 Å². The molecule has 0 fully saturated rings. The van der Waals surface area contributed by atoms with E-state index in [0.717, 1.165) is 0 Å². The predicted molar refractivity (Wildman–Crippen MR) is 45.8 cm³/mol. The molecule has 0 aliphatic carbocycles. The van der Waals surface area contributed by atoms with E-state index in [0.29, 0.717) is 0 Å². The van der Waals surface area contributed by atoms with E-state index in [4.69, 9.17) is 30.0 Å². The molecule has 0 saturated heterocycles. The topological polar surface area (TPSA) is 178 Å². The van der Waals surface area contributed by atoms with Crippen LogP contribution in [-0.2, 0) is 0 Å². The van der Waals surface area contributed by atoms with E-state index in [1.54, 1.807) is 0 Å². The molecule has 0 bridgehead atoms. The van der Waals surface area contributed by atoms with Gasteiger partial charge in [-0.1, -0.05) is 0 Å². The van der Waals surface area contributed by atoms with Crippen LogP contribution in [0.1, 0.15) is 0 Å². The quantitative estimate of drug-likeness (QED) is 0.200. The van der Waals surface area contributed by atoms with Crippen LogP contribution in [0.25, 0.3) is 0 Å². The Balaban J connectivity index is -0.00000000800. The van der Waals surface area contributed by atoms with Crippen LogP contribution < -0.4 is 0 Å². The normalized spacial score (nSPS) is 3.69. The van der Waals surface area contributed by atoms with Crippen LogP contribution in [0.3, 0.4) is 0 Å². The third-order valence-electron chi connectivity index (χ3n) is 0. The van der Waals surface area contributed by atoms with Crippen molar-refractivity contribution in [1.82, 2.24) is 0 Å². The molecule has 11 heteroatoms. The van der Waals surface area contributed by atoms with E-state index in [9.17, 15) is 0 Å². The molecule has 0 aliphatic rings. The molecule has 8 nitrogen and oxygen atoms in total. The Labute approximate surface area is 133 Å². The summed E-state index contributed by atoms with van der Waals surface area (Å²) in [6.45, 7) is 0. The van der Waals surface area contributed by atoms with E-state index >= 15 is 0 Å². The van der Waals surface area contributed by atoms with E-state index in [1.165, 1.54) is 0 Å². The molecule has 0 heterocycles. The van der Waals surface area contributed by atoms with Crippen molar-refractivity contribution >= 4 is 94.2 Å². The molecule has 0 atom stereocenters. The van der Waals surface area contributed by atoms with Crippen molar-refractivity contribution in [3.8, 4) is 0 Å². The number of carboxylic acid groups (broad SMARTS) is 4. The Morgan fingerprint density at radius 2 is 0.615 bits per heavy atom. The van der Waals surface area contributed by atoms with Gasteiger partial charge >= 0.3 is 12.3 Å². The second-order valence-electron chi connectivity index (χ2n) is 0.565. The van der Waals surface area contributed by atoms with Gasteiger partial charge in [-0.3, -0.25) is 0 Å². The van der Waals surface area contributed by atoms with Crippen LogP contribution in [0.15, 0.2) is 0 Å². The summed E-state index contributed by atoms with van der Waals surface area (Å²) in [5, 5.41) is 27.9. The summed E-state index contributed by atoms with van der Waals surface area (Å²) in [6.07, 6.45) is -3.67. The Kier molecular flexibility index (Phi) is 139. The van der Waals surface area contributed by atoms with Crippen molar-refractivity contribution in [3.63, 3.8) is 0 Å². The molecule has 8 N–H and O–H groups in total. The molecule has 0 rings (SSSR count). The predicted octanol–water partition coefficient (Wildman–Crippen LogP) is -2.35. The van der Waals surface area contributed by atoms with Gasteiger partial charge in [0.05, 0.1) is 0 Å². The maximum atomic E-state index is 8.56. The fraction of sp³-hybridized carbons (Fsp3) is 0. The first kappa shape index (κ1) is 47.7. The van der Waals surface area contributed by atoms with E-state index in [1.807, 2.05) is 0 Å². The second kappa shape index (κ2) is 37.9. The van der Waals surface area contributed by atoms with Crippen molar-refractivity contribution < 1.29 is 41.0 Å². The zero-order valence-corrected chi connectivity index (χ0v) is 17.8. The smallest absolute Gasteiger partial charge is 0.450 e. The molecule has 76 valence electrons. The van der Waals surface area contributed by atoms with E-state index in [2.05, 4.69) is 0 Å². The molecular formula is C2H8O8Pb3. The monoisotopic (exact) mass is 784 g/mol. The van der Waals surface area contributed by atoms with Gasteiger partial charge in [0, 0.05) is 81.9 Å². The Hall–Kier alpha value is 1.23. The second-order valence-corrected chi connectivity index (χ2v) is 0.565. The Morgan fingerprint density at radius 3 is 0.615 bits per heavy atom. The summed E-state index contributed by atoms with van der Waals surface area (Å²) in [4.78, 5) is 17.1. The summed E-state index contributed by atoms with van der Waals surface area (Å²) in [7, 11) is 0. The molecule has 0 unspecified atom stereocenters. The molecule has 0 spiro atoms. The van der Waals surface area contributed by atoms with Crippen LogP contribution in [0.4, 0.5) is 9.59 Å². The first-order chi connectivity index (χ1) is 3.46. The standard InChI is InChI=1S/2CH2O3.2H2O.3Pb/c2*2-1(3)4;;;;;/h2*(H2,2,3,4);2*1H2;;;. The van der Waals surface area contributed by atoms with Gasteiger partial charge in [0.15, 0.2) is 0 Å². The number of hydrogen-bond acceptors (Lipinski definition) is 2. The summed E-state index contributed by atoms with van der Waals surface area (Å²) in [6, 6.07) is 0. The summed E-state index contributed by atoms with van der Waals surface area (Å²) >= 11 is 0. The largest absolute Gasteiger partial charge is 0.503 e. The molecule has 0 aromatic heterocycles. The van der Waals surface area contributed by atoms with Gasteiger partial charge in [-0.15, -0.1) is 0 Å². The van der Waals surface area contributed by atoms with Gasteiger partial charge < -0.3 is 31.4 Å². The molecule has 0 aromatic rings. The van der Waals surface area contributed by atoms with Crippen LogP contribution in [0.5, 0.6) is 0 Å². The molecule has 0 saturated carbocycles. The molecule has 0 amide bonds. The van der Waals surface area contributed by atoms with Crippen LogP contribution in [0, 0.1) is 0 Å². The number of rotatable bonds is 0. The van der Waals surface area contributed by atoms with Crippen molar-refractivity contribution in [2.45, 2.75) is 0 Å². The van der Waals surface area contributed by atoms with Crippen molar-refractivity contribution in [3.05, 3.63) is 0 Å². The molecule has 12 radical (unpaired) electrons. The molecular weight excluding hydrogens is 774 g/mol. The third-order valence-corrected chi connectivity index (χ3v) is 0. The third kappa shape index (κ3) is 1110. The van der Waals surface area contributed by atoms with Crippen LogP contribution >= 0.6 is 0 Å². The summed E-state index contributed by atoms with van der Waals surface area (Å²) in [5.41, 5.74) is 0. The molecule has 0 aliphatic heterocycles. The van der Waals surface area contributed by atoms with Crippen molar-refractivity contribution in [2.75, 3.05) is 0 Å². The zero-order chi connectivity index (χ0) is 7.15. The maximum Gasteiger partial charge on any atom is 0.503 e. The maximum absolute atomic E-state index is 8.56. The molecule has 0 aromatic carbocycles. The minimum Gasteiger partial charge on any atom is -0.450 e. The van der Waals surface area contributed by atoms with Crippen molar-refractivity contribution in [1.29, 1.82) is 0 Å². The van der Waals surface area contributed by atoms with E-state index in [-0.39, 0.29) is 92.8 Å². The van der Waals surface area contributed by atoms with Gasteiger partial charge in [-0.2, -0.15) is 0 Å². The van der Waals surface area contributed by atoms with Gasteiger partial charge in [-0.05, 0) is 0 Å². The van der Waals surface area contributed by atoms with Gasteiger partial charge in [0.2, 0.25) is 0 Å². The number of hydrogen-bond donors (Lipinski definition) is 4. The average molecular weight is 782 g/mol. The van der Waals surface area contributed by atoms with Gasteiger partial charge in [-0.25, -0.2) is 9.59 Å². The molecule has 13 heavy (non-hydrogen) atoms. The Bertz CT molecular complexity index is 75.4. The van der Waals surface area contributed by atoms with Crippen LogP contribution in [-0.4, -0.2) is 126 Å². The summed E-state index contributed by atoms with van der Waals surface area (Å²) in [5.74, 6) is 0. The average Bonchev–Trinajstić information content (AvgIpc) is 1.25. The van der Waals surface area contributed by atoms with Gasteiger partial charge in [0.1, 0.15) is 0 Å². The first-order valence-electron chi connectivity index (χ1n) is 1.30. The fourth-order valence-corrected chi connectivity index (χ4v) is 0. The zero-order valence-electron chi connectivity index (χ0n) is 6.11. The number of carbonyl (C=O) groups is 2. The van der Waals surface area contributed by atoms with Gasteiger partial charge in [0.25, 0.3) is 0 Å². The SMILES string of the molecule is O.O.O=C(O)O.O=C(O)O.[Pb].[Pb].[Pb]. The fourth-order valence-electron chi connectivity index (χ4n) is 0. The minimum atomic E-state index is -1.83. The van der Waals surface area contributed by atoms with Crippen molar-refractivity contribution in [2.24, 2.45) is 0 Å². The summed E-state index contributed by atoms with van der Waals surface area (Å²) < 4.78 is 0. The van der Waals surface area contributed by atoms with Crippen LogP contribution in [0.2, 0.25) is 0 Å². The first-order valence-corrected chi connectivity index (χ1v) is 1.30. The minimum absolute atomic E-state index is 0.